The van der Waals surface area contributed by atoms with Crippen molar-refractivity contribution < 1.29 is 9.90 Å². The highest BCUT2D eigenvalue weighted by Crippen LogP contribution is 2.33. The number of fused-ring (bicyclic) bond motifs is 1. The second-order valence-corrected chi connectivity index (χ2v) is 10.5. The first-order chi connectivity index (χ1) is 19.9. The van der Waals surface area contributed by atoms with E-state index >= 15 is 0 Å². The first kappa shape index (κ1) is 26.5. The van der Waals surface area contributed by atoms with E-state index in [4.69, 9.17) is 15.7 Å². The summed E-state index contributed by atoms with van der Waals surface area (Å²) in [6, 6.07) is 24.2. The highest BCUT2D eigenvalue weighted by molar-refractivity contribution is 5.85. The van der Waals surface area contributed by atoms with E-state index in [1.807, 2.05) is 65.0 Å². The zero-order chi connectivity index (χ0) is 28.5. The number of hydrogen-bond donors (Lipinski definition) is 2. The molecule has 2 aromatic carbocycles. The van der Waals surface area contributed by atoms with Crippen molar-refractivity contribution in [2.24, 2.45) is 0 Å². The lowest BCUT2D eigenvalue weighted by Gasteiger charge is -2.37. The van der Waals surface area contributed by atoms with Gasteiger partial charge in [0.25, 0.3) is 0 Å². The van der Waals surface area contributed by atoms with Crippen molar-refractivity contribution in [3.05, 3.63) is 84.6 Å². The number of imidazole rings is 1. The third kappa shape index (κ3) is 5.12. The summed E-state index contributed by atoms with van der Waals surface area (Å²) in [7, 11) is 1.89. The van der Waals surface area contributed by atoms with E-state index in [-0.39, 0.29) is 18.6 Å². The molecule has 9 heteroatoms. The molecule has 208 valence electrons. The molecule has 0 atom stereocenters. The van der Waals surface area contributed by atoms with E-state index in [1.54, 1.807) is 13.1 Å². The minimum absolute atomic E-state index is 0.0305. The second-order valence-electron chi connectivity index (χ2n) is 10.5. The van der Waals surface area contributed by atoms with Crippen LogP contribution >= 0.6 is 0 Å². The predicted octanol–water partition coefficient (Wildman–Crippen LogP) is 4.67. The Balaban J connectivity index is 1.39. The number of amides is 1. The van der Waals surface area contributed by atoms with E-state index in [0.29, 0.717) is 17.3 Å². The summed E-state index contributed by atoms with van der Waals surface area (Å²) in [6.07, 6.45) is 3.55. The number of nitrogens with two attached hydrogens (primary N) is 1. The molecule has 0 aliphatic carbocycles. The lowest BCUT2D eigenvalue weighted by molar-refractivity contribution is -0.129. The van der Waals surface area contributed by atoms with Crippen LogP contribution in [0.3, 0.4) is 0 Å². The maximum atomic E-state index is 11.8. The number of piperidine rings is 1. The standard InChI is InChI=1S/C32H33N7O2/c1-21(41)37(2)24-14-17-38(18-15-24)26-6-3-5-23(19-26)28-12-13-29-32(35-28)39(25-10-8-22(20-40)9-11-25)31(36-29)27-7-4-16-34-30(27)33/h3-13,16,19,24,40H,14-15,17-18,20H2,1-2H3,(H2,33,34). The molecule has 4 heterocycles. The van der Waals surface area contributed by atoms with Crippen molar-refractivity contribution in [3.63, 3.8) is 0 Å². The normalized spacial score (nSPS) is 14.0. The van der Waals surface area contributed by atoms with Gasteiger partial charge in [-0.1, -0.05) is 24.3 Å². The van der Waals surface area contributed by atoms with E-state index in [2.05, 4.69) is 34.1 Å². The Labute approximate surface area is 238 Å². The van der Waals surface area contributed by atoms with Gasteiger partial charge in [-0.2, -0.15) is 0 Å². The number of carbonyl (C=O) groups is 1. The maximum Gasteiger partial charge on any atom is 0.219 e. The molecule has 0 spiro atoms. The largest absolute Gasteiger partial charge is 0.392 e. The van der Waals surface area contributed by atoms with Crippen LogP contribution < -0.4 is 10.6 Å². The van der Waals surface area contributed by atoms with Crippen LogP contribution in [0.25, 0.3) is 39.5 Å². The van der Waals surface area contributed by atoms with E-state index in [0.717, 1.165) is 65.2 Å². The summed E-state index contributed by atoms with van der Waals surface area (Å²) in [6.45, 7) is 3.39. The number of nitrogens with zero attached hydrogens (tertiary/aromatic N) is 6. The van der Waals surface area contributed by atoms with Crippen molar-refractivity contribution in [2.75, 3.05) is 30.8 Å². The molecular weight excluding hydrogens is 514 g/mol. The van der Waals surface area contributed by atoms with Gasteiger partial charge in [-0.25, -0.2) is 15.0 Å². The summed E-state index contributed by atoms with van der Waals surface area (Å²) in [5.74, 6) is 1.16. The van der Waals surface area contributed by atoms with Gasteiger partial charge in [0.05, 0.1) is 17.9 Å². The Hall–Kier alpha value is -4.76. The van der Waals surface area contributed by atoms with Crippen molar-refractivity contribution in [1.82, 2.24) is 24.4 Å². The van der Waals surface area contributed by atoms with Crippen LogP contribution in [0.4, 0.5) is 11.5 Å². The number of pyridine rings is 2. The van der Waals surface area contributed by atoms with Crippen LogP contribution in [0.2, 0.25) is 0 Å². The molecule has 1 saturated heterocycles. The van der Waals surface area contributed by atoms with Gasteiger partial charge in [0.15, 0.2) is 11.5 Å². The molecule has 0 unspecified atom stereocenters. The highest BCUT2D eigenvalue weighted by atomic mass is 16.3. The Morgan fingerprint density at radius 3 is 2.49 bits per heavy atom. The first-order valence-corrected chi connectivity index (χ1v) is 13.8. The van der Waals surface area contributed by atoms with Gasteiger partial charge in [0.1, 0.15) is 11.3 Å². The number of anilines is 2. The van der Waals surface area contributed by atoms with Gasteiger partial charge in [0.2, 0.25) is 5.91 Å². The Bertz CT molecular complexity index is 1710. The smallest absolute Gasteiger partial charge is 0.219 e. The van der Waals surface area contributed by atoms with Crippen molar-refractivity contribution in [3.8, 4) is 28.3 Å². The minimum Gasteiger partial charge on any atom is -0.392 e. The SMILES string of the molecule is CC(=O)N(C)C1CCN(c2cccc(-c3ccc4nc(-c5cccnc5N)n(-c5ccc(CO)cc5)c4n3)c2)CC1. The average molecular weight is 548 g/mol. The number of benzene rings is 2. The van der Waals surface area contributed by atoms with Gasteiger partial charge in [-0.3, -0.25) is 9.36 Å². The fourth-order valence-electron chi connectivity index (χ4n) is 5.53. The average Bonchev–Trinajstić information content (AvgIpc) is 3.39. The summed E-state index contributed by atoms with van der Waals surface area (Å²) in [4.78, 5) is 30.4. The summed E-state index contributed by atoms with van der Waals surface area (Å²) < 4.78 is 1.99. The molecule has 1 fully saturated rings. The molecule has 0 bridgehead atoms. The Kier molecular flexibility index (Phi) is 7.11. The molecule has 5 aromatic rings. The predicted molar refractivity (Wildman–Crippen MR) is 162 cm³/mol. The molecule has 1 aliphatic heterocycles. The van der Waals surface area contributed by atoms with Gasteiger partial charge in [-0.15, -0.1) is 0 Å². The quantitative estimate of drug-likeness (QED) is 0.318. The van der Waals surface area contributed by atoms with Crippen LogP contribution in [0.1, 0.15) is 25.3 Å². The number of carbonyl (C=O) groups excluding carboxylic acids is 1. The topological polar surface area (TPSA) is 113 Å². The number of hydrogen-bond acceptors (Lipinski definition) is 7. The Morgan fingerprint density at radius 1 is 1.00 bits per heavy atom. The monoisotopic (exact) mass is 547 g/mol. The number of aliphatic hydroxyl groups is 1. The summed E-state index contributed by atoms with van der Waals surface area (Å²) >= 11 is 0. The number of aliphatic hydroxyl groups excluding tert-OH is 1. The number of rotatable bonds is 6. The van der Waals surface area contributed by atoms with Crippen molar-refractivity contribution >= 4 is 28.6 Å². The van der Waals surface area contributed by atoms with Gasteiger partial charge in [0, 0.05) is 56.2 Å². The van der Waals surface area contributed by atoms with Gasteiger partial charge in [-0.05, 0) is 66.9 Å². The maximum absolute atomic E-state index is 11.8. The molecule has 9 nitrogen and oxygen atoms in total. The van der Waals surface area contributed by atoms with E-state index < -0.39 is 0 Å². The summed E-state index contributed by atoms with van der Waals surface area (Å²) in [5.41, 5.74) is 13.1. The molecule has 6 rings (SSSR count). The lowest BCUT2D eigenvalue weighted by Crippen LogP contribution is -2.45. The van der Waals surface area contributed by atoms with Crippen molar-refractivity contribution in [2.45, 2.75) is 32.4 Å². The highest BCUT2D eigenvalue weighted by Gasteiger charge is 2.24. The number of nitrogen functional groups attached to an aromatic ring is 1. The third-order valence-corrected chi connectivity index (χ3v) is 7.98. The van der Waals surface area contributed by atoms with Gasteiger partial charge >= 0.3 is 0 Å². The molecule has 0 radical (unpaired) electrons. The van der Waals surface area contributed by atoms with Crippen LogP contribution in [0.5, 0.6) is 0 Å². The van der Waals surface area contributed by atoms with E-state index in [1.165, 1.54) is 0 Å². The van der Waals surface area contributed by atoms with Crippen LogP contribution in [0, 0.1) is 0 Å². The van der Waals surface area contributed by atoms with E-state index in [9.17, 15) is 9.90 Å². The molecule has 41 heavy (non-hydrogen) atoms. The first-order valence-electron chi connectivity index (χ1n) is 13.8. The molecule has 3 N–H and O–H groups in total. The molecule has 1 amide bonds. The van der Waals surface area contributed by atoms with Crippen LogP contribution in [-0.2, 0) is 11.4 Å². The molecule has 1 aliphatic rings. The molecular formula is C32H33N7O2. The Morgan fingerprint density at radius 2 is 1.78 bits per heavy atom. The minimum atomic E-state index is -0.0305. The lowest BCUT2D eigenvalue weighted by atomic mass is 10.0. The zero-order valence-corrected chi connectivity index (χ0v) is 23.2. The zero-order valence-electron chi connectivity index (χ0n) is 23.2. The molecule has 0 saturated carbocycles. The second kappa shape index (κ2) is 11.0. The fraction of sp³-hybridized carbons (Fsp3) is 0.250. The van der Waals surface area contributed by atoms with Gasteiger partial charge < -0.3 is 20.6 Å². The number of aromatic nitrogens is 4. The third-order valence-electron chi connectivity index (χ3n) is 7.98. The van der Waals surface area contributed by atoms with Crippen LogP contribution in [-0.4, -0.2) is 61.6 Å². The molecule has 3 aromatic heterocycles. The summed E-state index contributed by atoms with van der Waals surface area (Å²) in [5, 5.41) is 9.56. The van der Waals surface area contributed by atoms with Crippen LogP contribution in [0.15, 0.2) is 79.0 Å². The fourth-order valence-corrected chi connectivity index (χ4v) is 5.53. The van der Waals surface area contributed by atoms with Crippen molar-refractivity contribution in [1.29, 1.82) is 0 Å².